The van der Waals surface area contributed by atoms with Gasteiger partial charge in [0.25, 0.3) is 11.7 Å². The average Bonchev–Trinajstić information content (AvgIpc) is 2.97. The Bertz CT molecular complexity index is 1000. The number of likely N-dealkylation sites (tertiary alicyclic amines) is 1. The minimum Gasteiger partial charge on any atom is -0.507 e. The lowest BCUT2D eigenvalue weighted by Gasteiger charge is -2.26. The van der Waals surface area contributed by atoms with Crippen molar-refractivity contribution in [1.29, 1.82) is 0 Å². The lowest BCUT2D eigenvalue weighted by atomic mass is 9.94. The van der Waals surface area contributed by atoms with Crippen LogP contribution < -0.4 is 0 Å². The summed E-state index contributed by atoms with van der Waals surface area (Å²) in [6, 6.07) is 12.3. The number of rotatable bonds is 5. The van der Waals surface area contributed by atoms with Gasteiger partial charge in [-0.1, -0.05) is 42.0 Å². The highest BCUT2D eigenvalue weighted by Crippen LogP contribution is 2.39. The van der Waals surface area contributed by atoms with Crippen LogP contribution in [0.4, 0.5) is 0 Å². The molecular formula is C23H23NO6. The van der Waals surface area contributed by atoms with Gasteiger partial charge in [0.1, 0.15) is 5.76 Å². The predicted octanol–water partition coefficient (Wildman–Crippen LogP) is 2.58. The molecule has 7 nitrogen and oxygen atoms in total. The van der Waals surface area contributed by atoms with Crippen LogP contribution in [0, 0.1) is 6.92 Å². The third-order valence-corrected chi connectivity index (χ3v) is 4.97. The predicted molar refractivity (Wildman–Crippen MR) is 110 cm³/mol. The number of ketones is 1. The van der Waals surface area contributed by atoms with Crippen LogP contribution in [-0.2, 0) is 14.3 Å². The lowest BCUT2D eigenvalue weighted by molar-refractivity contribution is -0.140. The molecule has 0 aliphatic carbocycles. The number of methoxy groups -OCH3 is 1. The van der Waals surface area contributed by atoms with Gasteiger partial charge in [-0.2, -0.15) is 0 Å². The van der Waals surface area contributed by atoms with Gasteiger partial charge in [-0.15, -0.1) is 0 Å². The van der Waals surface area contributed by atoms with Crippen LogP contribution in [0.15, 0.2) is 54.1 Å². The molecule has 156 valence electrons. The standard InChI is InChI=1S/C23H23NO6/c1-13-4-6-16(7-5-13)20(26)18-19(24(12-14(2)25)22(28)21(18)27)15-8-10-17(11-9-15)23(29)30-3/h4-11,14,19,25-26H,12H2,1-3H3/t14-,19+/m1/s1. The molecule has 2 aromatic rings. The van der Waals surface area contributed by atoms with E-state index in [1.54, 1.807) is 36.4 Å². The van der Waals surface area contributed by atoms with E-state index >= 15 is 0 Å². The Morgan fingerprint density at radius 2 is 1.63 bits per heavy atom. The normalized spacial score (nSPS) is 19.1. The molecule has 1 heterocycles. The number of β-amino-alcohol motifs (C(OH)–C–C–N with tert-alkyl or cyclic N) is 1. The average molecular weight is 409 g/mol. The molecule has 1 saturated heterocycles. The van der Waals surface area contributed by atoms with Crippen molar-refractivity contribution in [3.63, 3.8) is 0 Å². The fourth-order valence-electron chi connectivity index (χ4n) is 3.49. The van der Waals surface area contributed by atoms with Crippen LogP contribution in [0.5, 0.6) is 0 Å². The molecule has 1 amide bonds. The van der Waals surface area contributed by atoms with E-state index in [-0.39, 0.29) is 17.9 Å². The lowest BCUT2D eigenvalue weighted by Crippen LogP contribution is -2.35. The molecule has 0 bridgehead atoms. The van der Waals surface area contributed by atoms with Gasteiger partial charge in [0.05, 0.1) is 30.4 Å². The van der Waals surface area contributed by atoms with Crippen molar-refractivity contribution in [2.75, 3.05) is 13.7 Å². The number of benzene rings is 2. The molecule has 30 heavy (non-hydrogen) atoms. The molecule has 0 radical (unpaired) electrons. The van der Waals surface area contributed by atoms with Crippen molar-refractivity contribution in [3.8, 4) is 0 Å². The minimum atomic E-state index is -0.896. The number of carbonyl (C=O) groups excluding carboxylic acids is 3. The minimum absolute atomic E-state index is 0.0599. The van der Waals surface area contributed by atoms with Crippen LogP contribution in [0.2, 0.25) is 0 Å². The van der Waals surface area contributed by atoms with Crippen LogP contribution >= 0.6 is 0 Å². The summed E-state index contributed by atoms with van der Waals surface area (Å²) < 4.78 is 4.70. The van der Waals surface area contributed by atoms with E-state index in [0.717, 1.165) is 5.56 Å². The first-order valence-corrected chi connectivity index (χ1v) is 9.46. The molecular weight excluding hydrogens is 386 g/mol. The molecule has 0 unspecified atom stereocenters. The Balaban J connectivity index is 2.14. The van der Waals surface area contributed by atoms with Crippen molar-refractivity contribution < 1.29 is 29.3 Å². The Labute approximate surface area is 174 Å². The largest absolute Gasteiger partial charge is 0.507 e. The second-order valence-electron chi connectivity index (χ2n) is 7.28. The number of hydrogen-bond donors (Lipinski definition) is 2. The number of aliphatic hydroxyl groups excluding tert-OH is 2. The molecule has 2 atom stereocenters. The number of nitrogens with zero attached hydrogens (tertiary/aromatic N) is 1. The van der Waals surface area contributed by atoms with Crippen LogP contribution in [0.3, 0.4) is 0 Å². The molecule has 2 N–H and O–H groups in total. The molecule has 1 aliphatic rings. The quantitative estimate of drug-likeness (QED) is 0.340. The highest BCUT2D eigenvalue weighted by molar-refractivity contribution is 6.46. The summed E-state index contributed by atoms with van der Waals surface area (Å²) in [7, 11) is 1.27. The van der Waals surface area contributed by atoms with E-state index in [2.05, 4.69) is 0 Å². The van der Waals surface area contributed by atoms with Gasteiger partial charge in [-0.25, -0.2) is 4.79 Å². The van der Waals surface area contributed by atoms with Gasteiger partial charge in [0.15, 0.2) is 0 Å². The second-order valence-corrected chi connectivity index (χ2v) is 7.28. The summed E-state index contributed by atoms with van der Waals surface area (Å²) in [5.41, 5.74) is 2.17. The number of hydrogen-bond acceptors (Lipinski definition) is 6. The van der Waals surface area contributed by atoms with Crippen LogP contribution in [-0.4, -0.2) is 52.5 Å². The smallest absolute Gasteiger partial charge is 0.337 e. The van der Waals surface area contributed by atoms with E-state index in [0.29, 0.717) is 16.7 Å². The Hall–Kier alpha value is -3.45. The number of Topliss-reactive ketones (excluding diaryl/α,β-unsaturated/α-hetero) is 1. The van der Waals surface area contributed by atoms with E-state index in [9.17, 15) is 24.6 Å². The van der Waals surface area contributed by atoms with Crippen molar-refractivity contribution in [3.05, 3.63) is 76.4 Å². The SMILES string of the molecule is COC(=O)c1ccc([C@H]2C(=C(O)c3ccc(C)cc3)C(=O)C(=O)N2C[C@@H](C)O)cc1. The summed E-state index contributed by atoms with van der Waals surface area (Å²) in [6.07, 6.45) is -0.875. The summed E-state index contributed by atoms with van der Waals surface area (Å²) in [4.78, 5) is 38.5. The monoisotopic (exact) mass is 409 g/mol. The van der Waals surface area contributed by atoms with Crippen LogP contribution in [0.25, 0.3) is 5.76 Å². The molecule has 0 aromatic heterocycles. The summed E-state index contributed by atoms with van der Waals surface area (Å²) in [5, 5.41) is 20.8. The Morgan fingerprint density at radius 1 is 1.07 bits per heavy atom. The third-order valence-electron chi connectivity index (χ3n) is 4.97. The highest BCUT2D eigenvalue weighted by atomic mass is 16.5. The van der Waals surface area contributed by atoms with E-state index in [1.807, 2.05) is 6.92 Å². The van der Waals surface area contributed by atoms with Crippen molar-refractivity contribution in [2.45, 2.75) is 26.0 Å². The van der Waals surface area contributed by atoms with Crippen LogP contribution in [0.1, 0.15) is 40.0 Å². The first-order chi connectivity index (χ1) is 14.2. The zero-order valence-electron chi connectivity index (χ0n) is 17.0. The zero-order valence-corrected chi connectivity index (χ0v) is 17.0. The fourth-order valence-corrected chi connectivity index (χ4v) is 3.49. The maximum atomic E-state index is 12.8. The zero-order chi connectivity index (χ0) is 22.0. The second kappa shape index (κ2) is 8.51. The molecule has 0 saturated carbocycles. The molecule has 7 heteroatoms. The van der Waals surface area contributed by atoms with Gasteiger partial charge >= 0.3 is 5.97 Å². The van der Waals surface area contributed by atoms with E-state index < -0.39 is 29.8 Å². The number of amides is 1. The van der Waals surface area contributed by atoms with Gasteiger partial charge in [0, 0.05) is 12.1 Å². The summed E-state index contributed by atoms with van der Waals surface area (Å²) in [5.74, 6) is -2.43. The van der Waals surface area contributed by atoms with Gasteiger partial charge < -0.3 is 19.8 Å². The summed E-state index contributed by atoms with van der Waals surface area (Å²) in [6.45, 7) is 3.32. The van der Waals surface area contributed by atoms with Crippen molar-refractivity contribution in [1.82, 2.24) is 4.90 Å². The molecule has 1 aliphatic heterocycles. The maximum absolute atomic E-state index is 12.8. The fraction of sp³-hybridized carbons (Fsp3) is 0.261. The Morgan fingerprint density at radius 3 is 2.17 bits per heavy atom. The third kappa shape index (κ3) is 3.97. The van der Waals surface area contributed by atoms with Gasteiger partial charge in [-0.05, 0) is 31.5 Å². The number of ether oxygens (including phenoxy) is 1. The number of aliphatic hydroxyl groups is 2. The van der Waals surface area contributed by atoms with Crippen molar-refractivity contribution >= 4 is 23.4 Å². The molecule has 1 fully saturated rings. The first-order valence-electron chi connectivity index (χ1n) is 9.46. The first kappa shape index (κ1) is 21.3. The maximum Gasteiger partial charge on any atom is 0.337 e. The molecule has 0 spiro atoms. The van der Waals surface area contributed by atoms with Crippen molar-refractivity contribution in [2.24, 2.45) is 0 Å². The topological polar surface area (TPSA) is 104 Å². The van der Waals surface area contributed by atoms with E-state index in [4.69, 9.17) is 4.74 Å². The number of esters is 1. The molecule has 2 aromatic carbocycles. The molecule has 3 rings (SSSR count). The van der Waals surface area contributed by atoms with E-state index in [1.165, 1.54) is 31.1 Å². The number of aryl methyl sites for hydroxylation is 1. The number of carbonyl (C=O) groups is 3. The van der Waals surface area contributed by atoms with Gasteiger partial charge in [0.2, 0.25) is 0 Å². The van der Waals surface area contributed by atoms with Gasteiger partial charge in [-0.3, -0.25) is 9.59 Å². The summed E-state index contributed by atoms with van der Waals surface area (Å²) >= 11 is 0. The highest BCUT2D eigenvalue weighted by Gasteiger charge is 2.46. The Kier molecular flexibility index (Phi) is 6.03.